The lowest BCUT2D eigenvalue weighted by Gasteiger charge is -2.16. The van der Waals surface area contributed by atoms with Gasteiger partial charge in [-0.3, -0.25) is 14.3 Å². The summed E-state index contributed by atoms with van der Waals surface area (Å²) in [5, 5.41) is 9.43. The first-order valence-corrected chi connectivity index (χ1v) is 8.30. The molecule has 10 heteroatoms. The first-order chi connectivity index (χ1) is 11.5. The molecule has 24 heavy (non-hydrogen) atoms. The Morgan fingerprint density at radius 3 is 2.96 bits per heavy atom. The molecular formula is C14H14ClFN2O5S. The van der Waals surface area contributed by atoms with E-state index in [9.17, 15) is 19.1 Å². The zero-order valence-electron chi connectivity index (χ0n) is 12.3. The van der Waals surface area contributed by atoms with Gasteiger partial charge in [0.15, 0.2) is 0 Å². The zero-order chi connectivity index (χ0) is 17.3. The van der Waals surface area contributed by atoms with Crippen LogP contribution in [0.1, 0.15) is 17.5 Å². The highest BCUT2D eigenvalue weighted by molar-refractivity contribution is 7.16. The maximum Gasteiger partial charge on any atom is 0.330 e. The van der Waals surface area contributed by atoms with Gasteiger partial charge in [-0.1, -0.05) is 11.6 Å². The van der Waals surface area contributed by atoms with E-state index in [4.69, 9.17) is 21.1 Å². The zero-order valence-corrected chi connectivity index (χ0v) is 13.8. The number of rotatable bonds is 5. The molecule has 3 rings (SSSR count). The largest absolute Gasteiger partial charge is 0.394 e. The van der Waals surface area contributed by atoms with Gasteiger partial charge in [0.1, 0.15) is 12.3 Å². The quantitative estimate of drug-likeness (QED) is 0.819. The van der Waals surface area contributed by atoms with Crippen molar-refractivity contribution in [1.82, 2.24) is 9.55 Å². The van der Waals surface area contributed by atoms with Crippen LogP contribution in [0.2, 0.25) is 4.34 Å². The van der Waals surface area contributed by atoms with Gasteiger partial charge >= 0.3 is 5.69 Å². The average molecular weight is 377 g/mol. The Morgan fingerprint density at radius 1 is 1.50 bits per heavy atom. The third kappa shape index (κ3) is 3.60. The van der Waals surface area contributed by atoms with E-state index in [1.165, 1.54) is 11.3 Å². The Morgan fingerprint density at radius 2 is 2.29 bits per heavy atom. The second-order valence-electron chi connectivity index (χ2n) is 5.25. The number of nitrogens with zero attached hydrogens (tertiary/aromatic N) is 1. The number of H-pyrrole nitrogens is 1. The summed E-state index contributed by atoms with van der Waals surface area (Å²) < 4.78 is 26.3. The van der Waals surface area contributed by atoms with E-state index < -0.39 is 35.5 Å². The maximum atomic E-state index is 13.4. The molecule has 0 spiro atoms. The molecule has 2 aromatic heterocycles. The first kappa shape index (κ1) is 17.3. The van der Waals surface area contributed by atoms with Crippen LogP contribution in [-0.4, -0.2) is 33.5 Å². The van der Waals surface area contributed by atoms with E-state index in [1.54, 1.807) is 6.07 Å². The highest BCUT2D eigenvalue weighted by Gasteiger charge is 2.37. The number of aromatic amines is 1. The number of halogens is 2. The van der Waals surface area contributed by atoms with Crippen molar-refractivity contribution in [3.05, 3.63) is 54.2 Å². The molecule has 1 saturated heterocycles. The third-order valence-electron chi connectivity index (χ3n) is 3.66. The standard InChI is InChI=1S/C14H14ClFN2O5S/c15-11-2-1-7(24-11)6-22-9-3-12(23-10(9)5-19)18-4-8(16)13(20)17-14(18)21/h1-2,4,9-10,12,19H,3,5-6H2,(H,17,20,21)/t9-,10+,12+/m0/s1. The van der Waals surface area contributed by atoms with Crippen molar-refractivity contribution in [3.63, 3.8) is 0 Å². The molecule has 0 saturated carbocycles. The fourth-order valence-corrected chi connectivity index (χ4v) is 3.51. The van der Waals surface area contributed by atoms with Crippen LogP contribution in [0, 0.1) is 5.82 Å². The number of aromatic nitrogens is 2. The van der Waals surface area contributed by atoms with Crippen molar-refractivity contribution in [2.75, 3.05) is 6.61 Å². The van der Waals surface area contributed by atoms with Gasteiger partial charge in [0, 0.05) is 11.3 Å². The van der Waals surface area contributed by atoms with Gasteiger partial charge in [0.2, 0.25) is 5.82 Å². The van der Waals surface area contributed by atoms with Crippen LogP contribution in [-0.2, 0) is 16.1 Å². The number of hydrogen-bond donors (Lipinski definition) is 2. The van der Waals surface area contributed by atoms with Gasteiger partial charge in [0.25, 0.3) is 5.56 Å². The Balaban J connectivity index is 1.73. The fraction of sp³-hybridized carbons (Fsp3) is 0.429. The Bertz CT molecular complexity index is 835. The molecule has 7 nitrogen and oxygen atoms in total. The van der Waals surface area contributed by atoms with Gasteiger partial charge in [-0.05, 0) is 12.1 Å². The van der Waals surface area contributed by atoms with E-state index in [2.05, 4.69) is 0 Å². The summed E-state index contributed by atoms with van der Waals surface area (Å²) in [5.74, 6) is -1.09. The van der Waals surface area contributed by atoms with Crippen molar-refractivity contribution in [1.29, 1.82) is 0 Å². The van der Waals surface area contributed by atoms with Crippen molar-refractivity contribution < 1.29 is 19.0 Å². The second kappa shape index (κ2) is 7.16. The number of aliphatic hydroxyl groups is 1. The Labute approximate surface area is 144 Å². The molecule has 0 aliphatic carbocycles. The molecular weight excluding hydrogens is 363 g/mol. The molecule has 1 aliphatic rings. The molecule has 0 amide bonds. The molecule has 130 valence electrons. The van der Waals surface area contributed by atoms with E-state index >= 15 is 0 Å². The number of thiophene rings is 1. The smallest absolute Gasteiger partial charge is 0.330 e. The SMILES string of the molecule is O=c1[nH]c(=O)n([C@H]2C[C@H](OCc3ccc(Cl)s3)[C@@H](CO)O2)cc1F. The van der Waals surface area contributed by atoms with E-state index in [0.717, 1.165) is 15.6 Å². The van der Waals surface area contributed by atoms with Gasteiger partial charge in [-0.25, -0.2) is 4.79 Å². The highest BCUT2D eigenvalue weighted by atomic mass is 35.5. The molecule has 0 radical (unpaired) electrons. The summed E-state index contributed by atoms with van der Waals surface area (Å²) in [6, 6.07) is 3.58. The van der Waals surface area contributed by atoms with E-state index in [1.807, 2.05) is 11.1 Å². The lowest BCUT2D eigenvalue weighted by atomic mass is 10.2. The van der Waals surface area contributed by atoms with Crippen molar-refractivity contribution in [2.45, 2.75) is 31.5 Å². The average Bonchev–Trinajstić information content (AvgIpc) is 3.14. The molecule has 2 aromatic rings. The topological polar surface area (TPSA) is 93.6 Å². The monoisotopic (exact) mass is 376 g/mol. The molecule has 0 aromatic carbocycles. The second-order valence-corrected chi connectivity index (χ2v) is 7.05. The maximum absolute atomic E-state index is 13.4. The number of aliphatic hydroxyl groups excluding tert-OH is 1. The van der Waals surface area contributed by atoms with E-state index in [-0.39, 0.29) is 19.6 Å². The van der Waals surface area contributed by atoms with Crippen LogP contribution in [0.15, 0.2) is 27.9 Å². The number of nitrogens with one attached hydrogen (secondary N) is 1. The highest BCUT2D eigenvalue weighted by Crippen LogP contribution is 2.31. The van der Waals surface area contributed by atoms with Gasteiger partial charge in [-0.15, -0.1) is 11.3 Å². The predicted molar refractivity (Wildman–Crippen MR) is 84.8 cm³/mol. The summed E-state index contributed by atoms with van der Waals surface area (Å²) in [7, 11) is 0. The summed E-state index contributed by atoms with van der Waals surface area (Å²) in [5.41, 5.74) is -1.87. The minimum atomic E-state index is -1.09. The summed E-state index contributed by atoms with van der Waals surface area (Å²) >= 11 is 7.23. The fourth-order valence-electron chi connectivity index (χ4n) is 2.50. The molecule has 3 heterocycles. The van der Waals surface area contributed by atoms with E-state index in [0.29, 0.717) is 4.34 Å². The van der Waals surface area contributed by atoms with Crippen molar-refractivity contribution in [3.8, 4) is 0 Å². The van der Waals surface area contributed by atoms with Crippen LogP contribution in [0.4, 0.5) is 4.39 Å². The summed E-state index contributed by atoms with van der Waals surface area (Å²) in [6.07, 6.45) is -0.953. The molecule has 0 unspecified atom stereocenters. The predicted octanol–water partition coefficient (Wildman–Crippen LogP) is 1.26. The van der Waals surface area contributed by atoms with Gasteiger partial charge in [-0.2, -0.15) is 4.39 Å². The summed E-state index contributed by atoms with van der Waals surface area (Å²) in [6.45, 7) is -0.0313. The minimum absolute atomic E-state index is 0.232. The third-order valence-corrected chi connectivity index (χ3v) is 4.87. The normalized spacial score (nSPS) is 23.7. The van der Waals surface area contributed by atoms with Crippen LogP contribution in [0.3, 0.4) is 0 Å². The van der Waals surface area contributed by atoms with Crippen LogP contribution < -0.4 is 11.2 Å². The lowest BCUT2D eigenvalue weighted by Crippen LogP contribution is -2.34. The van der Waals surface area contributed by atoms with Crippen LogP contribution >= 0.6 is 22.9 Å². The van der Waals surface area contributed by atoms with Crippen LogP contribution in [0.25, 0.3) is 0 Å². The van der Waals surface area contributed by atoms with Crippen LogP contribution in [0.5, 0.6) is 0 Å². The van der Waals surface area contributed by atoms with Crippen molar-refractivity contribution >= 4 is 22.9 Å². The molecule has 2 N–H and O–H groups in total. The Hall–Kier alpha value is -1.52. The molecule has 3 atom stereocenters. The minimum Gasteiger partial charge on any atom is -0.394 e. The molecule has 1 fully saturated rings. The number of hydrogen-bond acceptors (Lipinski definition) is 6. The first-order valence-electron chi connectivity index (χ1n) is 7.11. The molecule has 0 bridgehead atoms. The lowest BCUT2D eigenvalue weighted by molar-refractivity contribution is -0.0656. The summed E-state index contributed by atoms with van der Waals surface area (Å²) in [4.78, 5) is 25.7. The van der Waals surface area contributed by atoms with Gasteiger partial charge < -0.3 is 14.6 Å². The van der Waals surface area contributed by atoms with Gasteiger partial charge in [0.05, 0.1) is 29.9 Å². The number of ether oxygens (including phenoxy) is 2. The molecule has 1 aliphatic heterocycles. The Kier molecular flexibility index (Phi) is 5.16. The van der Waals surface area contributed by atoms with Crippen molar-refractivity contribution in [2.24, 2.45) is 0 Å².